The number of aryl methyl sites for hydroxylation is 1. The van der Waals surface area contributed by atoms with E-state index < -0.39 is 0 Å². The monoisotopic (exact) mass is 230 g/mol. The first-order chi connectivity index (χ1) is 8.04. The molecule has 0 aliphatic heterocycles. The molecule has 17 heavy (non-hydrogen) atoms. The fourth-order valence-corrected chi connectivity index (χ4v) is 2.33. The molecule has 1 aliphatic carbocycles. The van der Waals surface area contributed by atoms with Crippen LogP contribution >= 0.6 is 0 Å². The maximum atomic E-state index is 12.1. The minimum atomic E-state index is 0.234. The van der Waals surface area contributed by atoms with E-state index in [1.165, 1.54) is 18.4 Å². The van der Waals surface area contributed by atoms with Crippen molar-refractivity contribution in [2.75, 3.05) is 0 Å². The van der Waals surface area contributed by atoms with Crippen LogP contribution in [0.25, 0.3) is 0 Å². The number of unbranched alkanes of at least 4 members (excludes halogenated alkanes) is 1. The molecule has 1 unspecified atom stereocenters. The summed E-state index contributed by atoms with van der Waals surface area (Å²) in [7, 11) is 0. The lowest BCUT2D eigenvalue weighted by atomic mass is 9.99. The molecule has 92 valence electrons. The average molecular weight is 230 g/mol. The van der Waals surface area contributed by atoms with Gasteiger partial charge in [0.2, 0.25) is 0 Å². The van der Waals surface area contributed by atoms with Gasteiger partial charge in [0.25, 0.3) is 0 Å². The van der Waals surface area contributed by atoms with Gasteiger partial charge in [-0.3, -0.25) is 4.79 Å². The van der Waals surface area contributed by atoms with E-state index in [0.717, 1.165) is 18.4 Å². The van der Waals surface area contributed by atoms with Gasteiger partial charge in [0.05, 0.1) is 0 Å². The lowest BCUT2D eigenvalue weighted by molar-refractivity contribution is 0.0953. The van der Waals surface area contributed by atoms with E-state index >= 15 is 0 Å². The number of ketones is 1. The maximum absolute atomic E-state index is 12.1. The van der Waals surface area contributed by atoms with Crippen LogP contribution in [0.4, 0.5) is 0 Å². The molecule has 0 saturated heterocycles. The zero-order valence-electron chi connectivity index (χ0n) is 11.1. The highest BCUT2D eigenvalue weighted by atomic mass is 16.1. The Hall–Kier alpha value is -1.11. The largest absolute Gasteiger partial charge is 0.294 e. The van der Waals surface area contributed by atoms with Crippen molar-refractivity contribution in [1.29, 1.82) is 0 Å². The van der Waals surface area contributed by atoms with Gasteiger partial charge >= 0.3 is 0 Å². The van der Waals surface area contributed by atoms with Crippen LogP contribution in [0.15, 0.2) is 24.3 Å². The molecule has 1 aromatic rings. The van der Waals surface area contributed by atoms with Crippen LogP contribution in [0, 0.1) is 11.3 Å². The number of hydrogen-bond acceptors (Lipinski definition) is 1. The third-order valence-electron chi connectivity index (χ3n) is 3.89. The van der Waals surface area contributed by atoms with Gasteiger partial charge in [0, 0.05) is 11.5 Å². The second kappa shape index (κ2) is 4.64. The van der Waals surface area contributed by atoms with E-state index in [-0.39, 0.29) is 11.3 Å². The molecular weight excluding hydrogens is 208 g/mol. The van der Waals surface area contributed by atoms with Crippen molar-refractivity contribution in [3.05, 3.63) is 35.4 Å². The minimum Gasteiger partial charge on any atom is -0.294 e. The molecule has 0 N–H and O–H groups in total. The normalized spacial score (nSPS) is 21.2. The highest BCUT2D eigenvalue weighted by molar-refractivity contribution is 6.00. The predicted octanol–water partition coefficient (Wildman–Crippen LogP) is 4.26. The molecule has 2 rings (SSSR count). The highest BCUT2D eigenvalue weighted by Crippen LogP contribution is 2.53. The summed E-state index contributed by atoms with van der Waals surface area (Å²) < 4.78 is 0. The summed E-state index contributed by atoms with van der Waals surface area (Å²) in [5.74, 6) is 0.584. The molecule has 0 spiro atoms. The van der Waals surface area contributed by atoms with Gasteiger partial charge < -0.3 is 0 Å². The summed E-state index contributed by atoms with van der Waals surface area (Å²) in [6.07, 6.45) is 4.61. The van der Waals surface area contributed by atoms with Crippen molar-refractivity contribution in [2.24, 2.45) is 11.3 Å². The number of rotatable bonds is 5. The van der Waals surface area contributed by atoms with Gasteiger partial charge in [-0.2, -0.15) is 0 Å². The molecule has 0 aromatic heterocycles. The molecule has 1 fully saturated rings. The SMILES string of the molecule is CCCCc1ccc(C(=O)C2CC2(C)C)cc1. The Kier molecular flexibility index (Phi) is 3.37. The summed E-state index contributed by atoms with van der Waals surface area (Å²) in [6.45, 7) is 6.55. The first kappa shape index (κ1) is 12.3. The van der Waals surface area contributed by atoms with Crippen molar-refractivity contribution in [3.63, 3.8) is 0 Å². The number of hydrogen-bond donors (Lipinski definition) is 0. The second-order valence-corrected chi connectivity index (χ2v) is 5.91. The van der Waals surface area contributed by atoms with E-state index in [0.29, 0.717) is 5.78 Å². The zero-order valence-corrected chi connectivity index (χ0v) is 11.1. The first-order valence-corrected chi connectivity index (χ1v) is 6.68. The van der Waals surface area contributed by atoms with Crippen LogP contribution in [0.5, 0.6) is 0 Å². The van der Waals surface area contributed by atoms with E-state index in [2.05, 4.69) is 32.9 Å². The molecule has 0 bridgehead atoms. The van der Waals surface area contributed by atoms with Gasteiger partial charge in [-0.15, -0.1) is 0 Å². The van der Waals surface area contributed by atoms with Crippen molar-refractivity contribution in [2.45, 2.75) is 46.5 Å². The Morgan fingerprint density at radius 2 is 1.88 bits per heavy atom. The summed E-state index contributed by atoms with van der Waals surface area (Å²) >= 11 is 0. The second-order valence-electron chi connectivity index (χ2n) is 5.91. The van der Waals surface area contributed by atoms with Crippen molar-refractivity contribution in [3.8, 4) is 0 Å². The molecular formula is C16H22O. The minimum absolute atomic E-state index is 0.234. The molecule has 1 aromatic carbocycles. The molecule has 1 aliphatic rings. The molecule has 1 nitrogen and oxygen atoms in total. The molecule has 0 amide bonds. The molecule has 1 saturated carbocycles. The van der Waals surface area contributed by atoms with Gasteiger partial charge in [-0.05, 0) is 30.2 Å². The van der Waals surface area contributed by atoms with Crippen LogP contribution in [-0.4, -0.2) is 5.78 Å². The fraction of sp³-hybridized carbons (Fsp3) is 0.562. The van der Waals surface area contributed by atoms with Gasteiger partial charge in [-0.1, -0.05) is 51.5 Å². The summed E-state index contributed by atoms with van der Waals surface area (Å²) in [4.78, 5) is 12.1. The lowest BCUT2D eigenvalue weighted by Crippen LogP contribution is -2.06. The third kappa shape index (κ3) is 2.77. The van der Waals surface area contributed by atoms with Crippen LogP contribution in [-0.2, 0) is 6.42 Å². The standard InChI is InChI=1S/C16H22O/c1-4-5-6-12-7-9-13(10-8-12)15(17)14-11-16(14,2)3/h7-10,14H,4-6,11H2,1-3H3. The topological polar surface area (TPSA) is 17.1 Å². The van der Waals surface area contributed by atoms with Crippen LogP contribution in [0.3, 0.4) is 0 Å². The van der Waals surface area contributed by atoms with E-state index in [1.54, 1.807) is 0 Å². The maximum Gasteiger partial charge on any atom is 0.166 e. The van der Waals surface area contributed by atoms with Crippen molar-refractivity contribution in [1.82, 2.24) is 0 Å². The van der Waals surface area contributed by atoms with Gasteiger partial charge in [-0.25, -0.2) is 0 Å². The Bertz CT molecular complexity index is 400. The number of carbonyl (C=O) groups excluding carboxylic acids is 1. The zero-order chi connectivity index (χ0) is 12.5. The van der Waals surface area contributed by atoms with Crippen LogP contribution in [0.1, 0.15) is 56.0 Å². The number of carbonyl (C=O) groups is 1. The Labute approximate surface area is 104 Å². The van der Waals surface area contributed by atoms with Crippen molar-refractivity contribution < 1.29 is 4.79 Å². The van der Waals surface area contributed by atoms with E-state index in [9.17, 15) is 4.79 Å². The quantitative estimate of drug-likeness (QED) is 0.691. The number of Topliss-reactive ketones (excluding diaryl/α,β-unsaturated/α-hetero) is 1. The molecule has 0 radical (unpaired) electrons. The summed E-state index contributed by atoms with van der Waals surface area (Å²) in [6, 6.07) is 8.22. The fourth-order valence-electron chi connectivity index (χ4n) is 2.33. The predicted molar refractivity (Wildman–Crippen MR) is 71.3 cm³/mol. The lowest BCUT2D eigenvalue weighted by Gasteiger charge is -2.05. The third-order valence-corrected chi connectivity index (χ3v) is 3.89. The number of benzene rings is 1. The highest BCUT2D eigenvalue weighted by Gasteiger charge is 2.50. The average Bonchev–Trinajstić information content (AvgIpc) is 2.95. The Morgan fingerprint density at radius 3 is 2.35 bits per heavy atom. The first-order valence-electron chi connectivity index (χ1n) is 6.68. The van der Waals surface area contributed by atoms with E-state index in [4.69, 9.17) is 0 Å². The summed E-state index contributed by atoms with van der Waals surface area (Å²) in [5.41, 5.74) is 2.47. The Morgan fingerprint density at radius 1 is 1.29 bits per heavy atom. The van der Waals surface area contributed by atoms with E-state index in [1.807, 2.05) is 12.1 Å². The molecule has 1 heteroatoms. The summed E-state index contributed by atoms with van der Waals surface area (Å²) in [5, 5.41) is 0. The molecule has 0 heterocycles. The molecule has 1 atom stereocenters. The van der Waals surface area contributed by atoms with Gasteiger partial charge in [0.1, 0.15) is 0 Å². The van der Waals surface area contributed by atoms with Crippen LogP contribution < -0.4 is 0 Å². The van der Waals surface area contributed by atoms with Crippen molar-refractivity contribution >= 4 is 5.78 Å². The van der Waals surface area contributed by atoms with Crippen LogP contribution in [0.2, 0.25) is 0 Å². The van der Waals surface area contributed by atoms with Gasteiger partial charge in [0.15, 0.2) is 5.78 Å². The smallest absolute Gasteiger partial charge is 0.166 e. The Balaban J connectivity index is 2.01.